The van der Waals surface area contributed by atoms with Crippen LogP contribution in [0.1, 0.15) is 13.3 Å². The normalized spacial score (nSPS) is 25.4. The summed E-state index contributed by atoms with van der Waals surface area (Å²) in [6.45, 7) is 1.22. The van der Waals surface area contributed by atoms with Gasteiger partial charge in [0.2, 0.25) is 0 Å². The highest BCUT2D eigenvalue weighted by molar-refractivity contribution is 7.94. The predicted octanol–water partition coefficient (Wildman–Crippen LogP) is 2.34. The minimum absolute atomic E-state index is 0.185. The summed E-state index contributed by atoms with van der Waals surface area (Å²) in [6, 6.07) is 6.64. The van der Waals surface area contributed by atoms with Gasteiger partial charge >= 0.3 is 12.1 Å². The molecule has 1 aromatic rings. The zero-order valence-electron chi connectivity index (χ0n) is 11.1. The summed E-state index contributed by atoms with van der Waals surface area (Å²) in [4.78, 5) is 11.6. The van der Waals surface area contributed by atoms with Gasteiger partial charge in [-0.15, -0.1) is 0 Å². The molecule has 116 valence electrons. The standard InChI is InChI=1S/C13H13F3O4S/c1-2-20-11(17)12(8-10(12)13(14,15)16)21(18,19)9-6-4-3-5-7-9/h3-7,10H,2,8H2,1H3/t10-,12+/m1/s1. The van der Waals surface area contributed by atoms with Crippen LogP contribution in [0.3, 0.4) is 0 Å². The van der Waals surface area contributed by atoms with Crippen LogP contribution in [0.15, 0.2) is 35.2 Å². The van der Waals surface area contributed by atoms with E-state index in [2.05, 4.69) is 4.74 Å². The monoisotopic (exact) mass is 322 g/mol. The van der Waals surface area contributed by atoms with E-state index in [1.165, 1.54) is 37.3 Å². The summed E-state index contributed by atoms with van der Waals surface area (Å²) in [5.41, 5.74) is 0. The van der Waals surface area contributed by atoms with Crippen LogP contribution in [0.5, 0.6) is 0 Å². The molecular weight excluding hydrogens is 309 g/mol. The lowest BCUT2D eigenvalue weighted by Gasteiger charge is -2.18. The van der Waals surface area contributed by atoms with Crippen molar-refractivity contribution in [1.29, 1.82) is 0 Å². The zero-order chi connectivity index (χ0) is 15.9. The van der Waals surface area contributed by atoms with E-state index in [9.17, 15) is 26.4 Å². The molecule has 0 saturated heterocycles. The van der Waals surface area contributed by atoms with Crippen molar-refractivity contribution >= 4 is 15.8 Å². The van der Waals surface area contributed by atoms with Crippen LogP contribution in [-0.4, -0.2) is 31.9 Å². The van der Waals surface area contributed by atoms with Crippen LogP contribution in [0.4, 0.5) is 13.2 Å². The highest BCUT2D eigenvalue weighted by Crippen LogP contribution is 2.60. The molecule has 0 N–H and O–H groups in total. The van der Waals surface area contributed by atoms with E-state index < -0.39 is 39.1 Å². The highest BCUT2D eigenvalue weighted by atomic mass is 32.2. The molecule has 4 nitrogen and oxygen atoms in total. The Balaban J connectivity index is 2.51. The fourth-order valence-electron chi connectivity index (χ4n) is 2.32. The summed E-state index contributed by atoms with van der Waals surface area (Å²) < 4.78 is 65.7. The van der Waals surface area contributed by atoms with Crippen molar-refractivity contribution in [2.24, 2.45) is 5.92 Å². The first-order chi connectivity index (χ1) is 9.68. The van der Waals surface area contributed by atoms with Gasteiger partial charge in [-0.25, -0.2) is 8.42 Å². The van der Waals surface area contributed by atoms with E-state index in [4.69, 9.17) is 0 Å². The third kappa shape index (κ3) is 2.41. The maximum atomic E-state index is 12.9. The number of halogens is 3. The number of sulfone groups is 1. The molecule has 0 spiro atoms. The number of rotatable bonds is 4. The van der Waals surface area contributed by atoms with Crippen molar-refractivity contribution < 1.29 is 31.1 Å². The van der Waals surface area contributed by atoms with Crippen molar-refractivity contribution in [1.82, 2.24) is 0 Å². The Morgan fingerprint density at radius 1 is 1.33 bits per heavy atom. The second kappa shape index (κ2) is 5.01. The SMILES string of the molecule is CCOC(=O)[C@]1(S(=O)(=O)c2ccccc2)C[C@H]1C(F)(F)F. The van der Waals surface area contributed by atoms with Crippen LogP contribution in [0.25, 0.3) is 0 Å². The van der Waals surface area contributed by atoms with Gasteiger partial charge in [0.05, 0.1) is 17.4 Å². The Hall–Kier alpha value is -1.57. The van der Waals surface area contributed by atoms with Gasteiger partial charge in [-0.05, 0) is 25.5 Å². The quantitative estimate of drug-likeness (QED) is 0.798. The van der Waals surface area contributed by atoms with E-state index in [0.717, 1.165) is 0 Å². The molecule has 0 amide bonds. The molecule has 1 aliphatic rings. The zero-order valence-corrected chi connectivity index (χ0v) is 11.9. The van der Waals surface area contributed by atoms with Gasteiger partial charge in [0.1, 0.15) is 0 Å². The van der Waals surface area contributed by atoms with Crippen LogP contribution >= 0.6 is 0 Å². The van der Waals surface area contributed by atoms with Gasteiger partial charge in [0.25, 0.3) is 0 Å². The van der Waals surface area contributed by atoms with Crippen molar-refractivity contribution in [3.8, 4) is 0 Å². The van der Waals surface area contributed by atoms with Gasteiger partial charge < -0.3 is 4.74 Å². The Morgan fingerprint density at radius 2 is 1.90 bits per heavy atom. The van der Waals surface area contributed by atoms with Crippen LogP contribution in [0.2, 0.25) is 0 Å². The lowest BCUT2D eigenvalue weighted by Crippen LogP contribution is -2.39. The number of ether oxygens (including phenoxy) is 1. The van der Waals surface area contributed by atoms with Crippen molar-refractivity contribution in [3.05, 3.63) is 30.3 Å². The Morgan fingerprint density at radius 3 is 2.33 bits per heavy atom. The minimum atomic E-state index is -4.77. The fraction of sp³-hybridized carbons (Fsp3) is 0.462. The molecule has 1 saturated carbocycles. The molecule has 1 aliphatic carbocycles. The molecule has 8 heteroatoms. The lowest BCUT2D eigenvalue weighted by atomic mass is 10.3. The van der Waals surface area contributed by atoms with Crippen LogP contribution in [0, 0.1) is 5.92 Å². The number of esters is 1. The number of hydrogen-bond acceptors (Lipinski definition) is 4. The Kier molecular flexibility index (Phi) is 3.77. The minimum Gasteiger partial charge on any atom is -0.465 e. The lowest BCUT2D eigenvalue weighted by molar-refractivity contribution is -0.160. The number of benzene rings is 1. The third-order valence-electron chi connectivity index (χ3n) is 3.46. The third-order valence-corrected chi connectivity index (χ3v) is 5.93. The van der Waals surface area contributed by atoms with Gasteiger partial charge in [0.15, 0.2) is 14.6 Å². The van der Waals surface area contributed by atoms with Crippen molar-refractivity contribution in [2.75, 3.05) is 6.61 Å². The van der Waals surface area contributed by atoms with Crippen LogP contribution in [-0.2, 0) is 19.4 Å². The Bertz CT molecular complexity index is 639. The molecule has 0 unspecified atom stereocenters. The average molecular weight is 322 g/mol. The van der Waals surface area contributed by atoms with Gasteiger partial charge in [0, 0.05) is 0 Å². The van der Waals surface area contributed by atoms with E-state index in [-0.39, 0.29) is 11.5 Å². The van der Waals surface area contributed by atoms with Gasteiger partial charge in [-0.3, -0.25) is 4.79 Å². The molecule has 0 aromatic heterocycles. The number of alkyl halides is 3. The molecule has 0 bridgehead atoms. The molecule has 0 aliphatic heterocycles. The smallest absolute Gasteiger partial charge is 0.394 e. The number of hydrogen-bond donors (Lipinski definition) is 0. The first-order valence-corrected chi connectivity index (χ1v) is 7.70. The van der Waals surface area contributed by atoms with E-state index in [1.807, 2.05) is 0 Å². The molecular formula is C13H13F3O4S. The van der Waals surface area contributed by atoms with Crippen LogP contribution < -0.4 is 0 Å². The molecule has 2 atom stereocenters. The second-order valence-corrected chi connectivity index (χ2v) is 6.93. The van der Waals surface area contributed by atoms with E-state index in [0.29, 0.717) is 0 Å². The molecule has 0 heterocycles. The predicted molar refractivity (Wildman–Crippen MR) is 67.2 cm³/mol. The Labute approximate surface area is 119 Å². The van der Waals surface area contributed by atoms with E-state index in [1.54, 1.807) is 0 Å². The van der Waals surface area contributed by atoms with E-state index >= 15 is 0 Å². The largest absolute Gasteiger partial charge is 0.465 e. The second-order valence-electron chi connectivity index (χ2n) is 4.72. The molecule has 21 heavy (non-hydrogen) atoms. The average Bonchev–Trinajstić information content (AvgIpc) is 3.17. The van der Waals surface area contributed by atoms with Crippen molar-refractivity contribution in [2.45, 2.75) is 29.2 Å². The van der Waals surface area contributed by atoms with Gasteiger partial charge in [-0.2, -0.15) is 13.2 Å². The topological polar surface area (TPSA) is 60.4 Å². The molecule has 2 rings (SSSR count). The molecule has 0 radical (unpaired) electrons. The summed E-state index contributed by atoms with van der Waals surface area (Å²) in [7, 11) is -4.48. The summed E-state index contributed by atoms with van der Waals surface area (Å²) >= 11 is 0. The summed E-state index contributed by atoms with van der Waals surface area (Å²) in [5, 5.41) is 0. The first-order valence-electron chi connectivity index (χ1n) is 6.21. The van der Waals surface area contributed by atoms with Gasteiger partial charge in [-0.1, -0.05) is 18.2 Å². The maximum absolute atomic E-state index is 12.9. The molecule has 1 fully saturated rings. The summed E-state index contributed by atoms with van der Waals surface area (Å²) in [5.74, 6) is -3.56. The maximum Gasteiger partial charge on any atom is 0.394 e. The first kappa shape index (κ1) is 15.8. The fourth-order valence-corrected chi connectivity index (χ4v) is 4.43. The summed E-state index contributed by atoms with van der Waals surface area (Å²) in [6.07, 6.45) is -5.57. The van der Waals surface area contributed by atoms with Crippen molar-refractivity contribution in [3.63, 3.8) is 0 Å². The number of carbonyl (C=O) groups is 1. The molecule has 1 aromatic carbocycles. The highest BCUT2D eigenvalue weighted by Gasteiger charge is 2.78. The number of carbonyl (C=O) groups excluding carboxylic acids is 1.